The van der Waals surface area contributed by atoms with Crippen molar-refractivity contribution in [3.63, 3.8) is 0 Å². The Balaban J connectivity index is 1.40. The summed E-state index contributed by atoms with van der Waals surface area (Å²) >= 11 is 8.55. The molecule has 0 saturated heterocycles. The van der Waals surface area contributed by atoms with E-state index in [-0.39, 0.29) is 29.7 Å². The van der Waals surface area contributed by atoms with E-state index in [4.69, 9.17) is 11.6 Å². The number of aromatic nitrogens is 3. The fourth-order valence-corrected chi connectivity index (χ4v) is 4.87. The Bertz CT molecular complexity index is 1400. The van der Waals surface area contributed by atoms with Gasteiger partial charge >= 0.3 is 6.03 Å². The van der Waals surface area contributed by atoms with Crippen LogP contribution in [0.4, 0.5) is 9.93 Å². The molecule has 0 aliphatic carbocycles. The molecule has 0 aliphatic rings. The van der Waals surface area contributed by atoms with Crippen LogP contribution in [-0.2, 0) is 20.1 Å². The van der Waals surface area contributed by atoms with Crippen molar-refractivity contribution < 1.29 is 9.59 Å². The maximum absolute atomic E-state index is 13.1. The molecule has 0 bridgehead atoms. The van der Waals surface area contributed by atoms with Crippen LogP contribution in [-0.4, -0.2) is 38.7 Å². The van der Waals surface area contributed by atoms with Crippen LogP contribution < -0.4 is 16.2 Å². The lowest BCUT2D eigenvalue weighted by molar-refractivity contribution is 0.0777. The Morgan fingerprint density at radius 1 is 1.18 bits per heavy atom. The molecule has 12 heteroatoms. The highest BCUT2D eigenvalue weighted by Crippen LogP contribution is 2.21. The molecule has 170 valence electrons. The number of halogens is 1. The Morgan fingerprint density at radius 3 is 2.67 bits per heavy atom. The Labute approximate surface area is 201 Å². The summed E-state index contributed by atoms with van der Waals surface area (Å²) in [5, 5.41) is 12.7. The Morgan fingerprint density at radius 2 is 1.94 bits per heavy atom. The summed E-state index contributed by atoms with van der Waals surface area (Å²) in [7, 11) is 3.15. The minimum absolute atomic E-state index is 0.192. The van der Waals surface area contributed by atoms with Crippen molar-refractivity contribution in [2.45, 2.75) is 13.1 Å². The summed E-state index contributed by atoms with van der Waals surface area (Å²) in [6, 6.07) is 10.1. The van der Waals surface area contributed by atoms with Crippen LogP contribution in [0.25, 0.3) is 10.8 Å². The predicted octanol–water partition coefficient (Wildman–Crippen LogP) is 3.70. The van der Waals surface area contributed by atoms with Gasteiger partial charge in [0.2, 0.25) is 0 Å². The zero-order valence-electron chi connectivity index (χ0n) is 17.7. The average Bonchev–Trinajstić information content (AvgIpc) is 3.42. The largest absolute Gasteiger partial charge is 0.334 e. The van der Waals surface area contributed by atoms with Gasteiger partial charge in [-0.2, -0.15) is 5.10 Å². The van der Waals surface area contributed by atoms with Crippen molar-refractivity contribution in [2.24, 2.45) is 7.05 Å². The van der Waals surface area contributed by atoms with Crippen molar-refractivity contribution in [3.8, 4) is 0 Å². The minimum Gasteiger partial charge on any atom is -0.334 e. The Kier molecular flexibility index (Phi) is 6.72. The number of aryl methyl sites for hydroxylation is 1. The minimum atomic E-state index is -0.384. The Hall–Kier alpha value is -3.28. The van der Waals surface area contributed by atoms with Crippen molar-refractivity contribution in [1.29, 1.82) is 0 Å². The zero-order chi connectivity index (χ0) is 23.5. The third kappa shape index (κ3) is 5.21. The first kappa shape index (κ1) is 22.9. The van der Waals surface area contributed by atoms with E-state index in [1.54, 1.807) is 42.8 Å². The normalized spacial score (nSPS) is 10.9. The molecule has 1 aromatic carbocycles. The summed E-state index contributed by atoms with van der Waals surface area (Å²) in [4.78, 5) is 44.3. The number of thiophene rings is 1. The number of carbonyl (C=O) groups is 2. The van der Waals surface area contributed by atoms with Crippen LogP contribution in [0.5, 0.6) is 0 Å². The predicted molar refractivity (Wildman–Crippen MR) is 130 cm³/mol. The molecule has 3 aromatic heterocycles. The molecular weight excluding hydrogens is 484 g/mol. The maximum Gasteiger partial charge on any atom is 0.321 e. The number of rotatable bonds is 6. The standard InChI is InChI=1S/C21H19ClN6O3S2/c1-27(19(30)17-14-5-3-4-6-15(14)18(29)28(2)26-17)10-12-11-32-21(24-12)25-20(31)23-9-13-7-8-16(22)33-13/h3-8,11H,9-10H2,1-2H3,(H2,23,24,25,31). The number of fused-ring (bicyclic) bond motifs is 1. The van der Waals surface area contributed by atoms with Gasteiger partial charge in [-0.25, -0.2) is 14.5 Å². The second-order valence-corrected chi connectivity index (χ2v) is 9.80. The van der Waals surface area contributed by atoms with E-state index < -0.39 is 0 Å². The number of nitrogens with one attached hydrogen (secondary N) is 2. The van der Waals surface area contributed by atoms with Crippen LogP contribution in [0.3, 0.4) is 0 Å². The number of carbonyl (C=O) groups excluding carboxylic acids is 2. The van der Waals surface area contributed by atoms with Crippen LogP contribution >= 0.6 is 34.3 Å². The van der Waals surface area contributed by atoms with Gasteiger partial charge in [0.15, 0.2) is 10.8 Å². The second kappa shape index (κ2) is 9.69. The highest BCUT2D eigenvalue weighted by Gasteiger charge is 2.20. The third-order valence-electron chi connectivity index (χ3n) is 4.73. The molecule has 0 fully saturated rings. The molecular formula is C21H19ClN6O3S2. The van der Waals surface area contributed by atoms with E-state index in [1.807, 2.05) is 6.07 Å². The monoisotopic (exact) mass is 502 g/mol. The van der Waals surface area contributed by atoms with Gasteiger partial charge in [0.1, 0.15) is 0 Å². The number of benzene rings is 1. The molecule has 0 aliphatic heterocycles. The summed E-state index contributed by atoms with van der Waals surface area (Å²) in [5.41, 5.74) is 0.544. The van der Waals surface area contributed by atoms with E-state index in [0.29, 0.717) is 32.5 Å². The lowest BCUT2D eigenvalue weighted by Crippen LogP contribution is -2.31. The van der Waals surface area contributed by atoms with Crippen molar-refractivity contribution in [3.05, 3.63) is 72.7 Å². The number of nitrogens with zero attached hydrogens (tertiary/aromatic N) is 4. The average molecular weight is 503 g/mol. The highest BCUT2D eigenvalue weighted by atomic mass is 35.5. The van der Waals surface area contributed by atoms with Gasteiger partial charge in [0.25, 0.3) is 11.5 Å². The maximum atomic E-state index is 13.1. The van der Waals surface area contributed by atoms with Gasteiger partial charge in [0, 0.05) is 29.7 Å². The van der Waals surface area contributed by atoms with E-state index >= 15 is 0 Å². The topological polar surface area (TPSA) is 109 Å². The quantitative estimate of drug-likeness (QED) is 0.418. The van der Waals surface area contributed by atoms with E-state index in [1.165, 1.54) is 34.6 Å². The molecule has 4 rings (SSSR count). The summed E-state index contributed by atoms with van der Waals surface area (Å²) in [6.07, 6.45) is 0. The van der Waals surface area contributed by atoms with Gasteiger partial charge in [-0.1, -0.05) is 29.8 Å². The first-order valence-electron chi connectivity index (χ1n) is 9.77. The smallest absolute Gasteiger partial charge is 0.321 e. The van der Waals surface area contributed by atoms with Gasteiger partial charge in [-0.05, 0) is 18.2 Å². The van der Waals surface area contributed by atoms with Gasteiger partial charge < -0.3 is 10.2 Å². The number of urea groups is 1. The number of thiazole rings is 1. The molecule has 4 aromatic rings. The number of hydrogen-bond acceptors (Lipinski definition) is 7. The molecule has 3 amide bonds. The summed E-state index contributed by atoms with van der Waals surface area (Å²) < 4.78 is 1.83. The molecule has 3 heterocycles. The van der Waals surface area contributed by atoms with Crippen LogP contribution in [0, 0.1) is 0 Å². The lowest BCUT2D eigenvalue weighted by Gasteiger charge is -2.17. The highest BCUT2D eigenvalue weighted by molar-refractivity contribution is 7.16. The van der Waals surface area contributed by atoms with Crippen molar-refractivity contribution in [1.82, 2.24) is 25.0 Å². The number of amides is 3. The molecule has 0 atom stereocenters. The fourth-order valence-electron chi connectivity index (χ4n) is 3.15. The first-order valence-corrected chi connectivity index (χ1v) is 11.8. The van der Waals surface area contributed by atoms with Crippen LogP contribution in [0.1, 0.15) is 21.1 Å². The van der Waals surface area contributed by atoms with E-state index in [2.05, 4.69) is 20.7 Å². The fraction of sp³-hybridized carbons (Fsp3) is 0.190. The molecule has 9 nitrogen and oxygen atoms in total. The number of hydrogen-bond donors (Lipinski definition) is 2. The summed E-state index contributed by atoms with van der Waals surface area (Å²) in [6.45, 7) is 0.574. The lowest BCUT2D eigenvalue weighted by atomic mass is 10.1. The number of anilines is 1. The SMILES string of the molecule is CN(Cc1csc(NC(=O)NCc2ccc(Cl)s2)n1)C(=O)c1nn(C)c(=O)c2ccccc12. The van der Waals surface area contributed by atoms with Crippen LogP contribution in [0.15, 0.2) is 46.6 Å². The van der Waals surface area contributed by atoms with Gasteiger partial charge in [-0.15, -0.1) is 22.7 Å². The van der Waals surface area contributed by atoms with Gasteiger partial charge in [-0.3, -0.25) is 14.9 Å². The first-order chi connectivity index (χ1) is 15.8. The third-order valence-corrected chi connectivity index (χ3v) is 6.77. The second-order valence-electron chi connectivity index (χ2n) is 7.14. The van der Waals surface area contributed by atoms with Crippen molar-refractivity contribution in [2.75, 3.05) is 12.4 Å². The molecule has 2 N–H and O–H groups in total. The molecule has 0 unspecified atom stereocenters. The van der Waals surface area contributed by atoms with Gasteiger partial charge in [0.05, 0.1) is 28.5 Å². The summed E-state index contributed by atoms with van der Waals surface area (Å²) in [5.74, 6) is -0.336. The van der Waals surface area contributed by atoms with Crippen LogP contribution in [0.2, 0.25) is 4.34 Å². The van der Waals surface area contributed by atoms with E-state index in [0.717, 1.165) is 9.56 Å². The van der Waals surface area contributed by atoms with Crippen molar-refractivity contribution >= 4 is 62.1 Å². The molecule has 0 radical (unpaired) electrons. The zero-order valence-corrected chi connectivity index (χ0v) is 20.1. The van der Waals surface area contributed by atoms with E-state index in [9.17, 15) is 14.4 Å². The molecule has 33 heavy (non-hydrogen) atoms. The molecule has 0 spiro atoms. The molecule has 0 saturated carbocycles.